The highest BCUT2D eigenvalue weighted by Gasteiger charge is 2.06. The number of unbranched alkanes of at least 4 members (excludes halogenated alkanes) is 7. The Hall–Kier alpha value is -0.0800. The van der Waals surface area contributed by atoms with Gasteiger partial charge < -0.3 is 11.5 Å². The predicted molar refractivity (Wildman–Crippen MR) is 68.9 cm³/mol. The van der Waals surface area contributed by atoms with E-state index in [0.29, 0.717) is 0 Å². The summed E-state index contributed by atoms with van der Waals surface area (Å²) in [6.07, 6.45) is 12.0. The molecule has 0 saturated heterocycles. The second-order valence-electron chi connectivity index (χ2n) is 4.79. The van der Waals surface area contributed by atoms with E-state index in [1.807, 2.05) is 6.92 Å². The molecule has 2 unspecified atom stereocenters. The summed E-state index contributed by atoms with van der Waals surface area (Å²) in [5, 5.41) is 0. The fraction of sp³-hybridized carbons (Fsp3) is 1.00. The van der Waals surface area contributed by atoms with Gasteiger partial charge in [0, 0.05) is 12.1 Å². The lowest BCUT2D eigenvalue weighted by Gasteiger charge is -2.14. The molecule has 2 heteroatoms. The van der Waals surface area contributed by atoms with Crippen molar-refractivity contribution < 1.29 is 0 Å². The Morgan fingerprint density at radius 1 is 0.800 bits per heavy atom. The molecule has 0 amide bonds. The second kappa shape index (κ2) is 10.4. The predicted octanol–water partition coefficient (Wildman–Crippen LogP) is 3.19. The van der Waals surface area contributed by atoms with Gasteiger partial charge in [0.25, 0.3) is 0 Å². The lowest BCUT2D eigenvalue weighted by molar-refractivity contribution is 0.482. The van der Waals surface area contributed by atoms with E-state index in [1.165, 1.54) is 51.4 Å². The van der Waals surface area contributed by atoms with Crippen molar-refractivity contribution in [2.45, 2.75) is 83.7 Å². The maximum Gasteiger partial charge on any atom is 0.0189 e. The monoisotopic (exact) mass is 214 g/mol. The molecule has 0 rings (SSSR count). The van der Waals surface area contributed by atoms with Gasteiger partial charge in [-0.05, 0) is 13.3 Å². The first-order valence-electron chi connectivity index (χ1n) is 6.69. The Balaban J connectivity index is 3.05. The van der Waals surface area contributed by atoms with Gasteiger partial charge >= 0.3 is 0 Å². The van der Waals surface area contributed by atoms with Crippen molar-refractivity contribution in [2.75, 3.05) is 0 Å². The van der Waals surface area contributed by atoms with E-state index in [1.54, 1.807) is 0 Å². The highest BCUT2D eigenvalue weighted by molar-refractivity contribution is 4.70. The molecule has 0 aromatic carbocycles. The molecule has 4 N–H and O–H groups in total. The summed E-state index contributed by atoms with van der Waals surface area (Å²) in [5.41, 5.74) is 11.6. The summed E-state index contributed by atoms with van der Waals surface area (Å²) in [7, 11) is 0. The Morgan fingerprint density at radius 3 is 1.73 bits per heavy atom. The molecule has 0 bridgehead atoms. The van der Waals surface area contributed by atoms with Crippen LogP contribution in [0, 0.1) is 0 Å². The molecule has 2 atom stereocenters. The van der Waals surface area contributed by atoms with Crippen molar-refractivity contribution in [1.29, 1.82) is 0 Å². The van der Waals surface area contributed by atoms with Gasteiger partial charge in [0.2, 0.25) is 0 Å². The molecule has 92 valence electrons. The van der Waals surface area contributed by atoms with Gasteiger partial charge in [0.15, 0.2) is 0 Å². The van der Waals surface area contributed by atoms with Gasteiger partial charge in [0.1, 0.15) is 0 Å². The van der Waals surface area contributed by atoms with Crippen LogP contribution in [0.4, 0.5) is 0 Å². The molecule has 0 fully saturated rings. The van der Waals surface area contributed by atoms with Crippen LogP contribution < -0.4 is 11.5 Å². The zero-order chi connectivity index (χ0) is 11.5. The van der Waals surface area contributed by atoms with E-state index in [2.05, 4.69) is 6.92 Å². The number of nitrogens with two attached hydrogens (primary N) is 2. The average Bonchev–Trinajstić information content (AvgIpc) is 2.21. The topological polar surface area (TPSA) is 52.0 Å². The first-order valence-corrected chi connectivity index (χ1v) is 6.69. The van der Waals surface area contributed by atoms with Crippen LogP contribution in [0.25, 0.3) is 0 Å². The molecule has 0 saturated carbocycles. The van der Waals surface area contributed by atoms with E-state index in [9.17, 15) is 0 Å². The molecule has 0 heterocycles. The van der Waals surface area contributed by atoms with Crippen LogP contribution in [0.5, 0.6) is 0 Å². The zero-order valence-corrected chi connectivity index (χ0v) is 10.7. The van der Waals surface area contributed by atoms with Crippen LogP contribution in [0.2, 0.25) is 0 Å². The van der Waals surface area contributed by atoms with Crippen LogP contribution in [-0.4, -0.2) is 12.1 Å². The normalized spacial score (nSPS) is 15.2. The average molecular weight is 214 g/mol. The third-order valence-corrected chi connectivity index (χ3v) is 3.07. The molecular weight excluding hydrogens is 184 g/mol. The Kier molecular flexibility index (Phi) is 10.4. The highest BCUT2D eigenvalue weighted by Crippen LogP contribution is 2.10. The molecule has 0 aliphatic heterocycles. The lowest BCUT2D eigenvalue weighted by atomic mass is 10.0. The molecule has 0 aliphatic rings. The van der Waals surface area contributed by atoms with Gasteiger partial charge in [-0.25, -0.2) is 0 Å². The van der Waals surface area contributed by atoms with Crippen LogP contribution in [-0.2, 0) is 0 Å². The minimum absolute atomic E-state index is 0.148. The lowest BCUT2D eigenvalue weighted by Crippen LogP contribution is -2.38. The van der Waals surface area contributed by atoms with Crippen molar-refractivity contribution in [3.05, 3.63) is 0 Å². The number of hydrogen-bond donors (Lipinski definition) is 2. The Morgan fingerprint density at radius 2 is 1.27 bits per heavy atom. The third-order valence-electron chi connectivity index (χ3n) is 3.07. The van der Waals surface area contributed by atoms with Gasteiger partial charge in [-0.15, -0.1) is 0 Å². The fourth-order valence-electron chi connectivity index (χ4n) is 1.78. The molecule has 2 nitrogen and oxygen atoms in total. The summed E-state index contributed by atoms with van der Waals surface area (Å²) < 4.78 is 0. The van der Waals surface area contributed by atoms with Gasteiger partial charge in [0.05, 0.1) is 0 Å². The molecule has 15 heavy (non-hydrogen) atoms. The van der Waals surface area contributed by atoms with Crippen molar-refractivity contribution in [2.24, 2.45) is 11.5 Å². The number of hydrogen-bond acceptors (Lipinski definition) is 2. The summed E-state index contributed by atoms with van der Waals surface area (Å²) >= 11 is 0. The molecule has 0 aromatic rings. The standard InChI is InChI=1S/C13H30N2/c1-3-4-5-6-7-8-9-10-11-13(15)12(2)14/h12-13H,3-11,14-15H2,1-2H3. The largest absolute Gasteiger partial charge is 0.327 e. The summed E-state index contributed by atoms with van der Waals surface area (Å²) in [6, 6.07) is 0.347. The zero-order valence-electron chi connectivity index (χ0n) is 10.7. The minimum atomic E-state index is 0.148. The van der Waals surface area contributed by atoms with Crippen molar-refractivity contribution >= 4 is 0 Å². The maximum atomic E-state index is 5.87. The van der Waals surface area contributed by atoms with E-state index in [4.69, 9.17) is 11.5 Å². The maximum absolute atomic E-state index is 5.87. The van der Waals surface area contributed by atoms with Crippen LogP contribution >= 0.6 is 0 Å². The smallest absolute Gasteiger partial charge is 0.0189 e. The van der Waals surface area contributed by atoms with Crippen molar-refractivity contribution in [3.63, 3.8) is 0 Å². The molecule has 0 aromatic heterocycles. The van der Waals surface area contributed by atoms with Gasteiger partial charge in [-0.3, -0.25) is 0 Å². The van der Waals surface area contributed by atoms with E-state index in [0.717, 1.165) is 6.42 Å². The molecular formula is C13H30N2. The van der Waals surface area contributed by atoms with Crippen LogP contribution in [0.3, 0.4) is 0 Å². The second-order valence-corrected chi connectivity index (χ2v) is 4.79. The quantitative estimate of drug-likeness (QED) is 0.549. The number of rotatable bonds is 10. The van der Waals surface area contributed by atoms with Gasteiger partial charge in [-0.2, -0.15) is 0 Å². The molecule has 0 radical (unpaired) electrons. The third kappa shape index (κ3) is 10.2. The van der Waals surface area contributed by atoms with Crippen LogP contribution in [0.15, 0.2) is 0 Å². The van der Waals surface area contributed by atoms with Crippen molar-refractivity contribution in [1.82, 2.24) is 0 Å². The van der Waals surface area contributed by atoms with E-state index >= 15 is 0 Å². The summed E-state index contributed by atoms with van der Waals surface area (Å²) in [5.74, 6) is 0. The van der Waals surface area contributed by atoms with E-state index < -0.39 is 0 Å². The fourth-order valence-corrected chi connectivity index (χ4v) is 1.78. The Labute approximate surface area is 95.8 Å². The van der Waals surface area contributed by atoms with E-state index in [-0.39, 0.29) is 12.1 Å². The SMILES string of the molecule is CCCCCCCCCCC(N)C(C)N. The van der Waals surface area contributed by atoms with Crippen molar-refractivity contribution in [3.8, 4) is 0 Å². The summed E-state index contributed by atoms with van der Waals surface area (Å²) in [6.45, 7) is 4.25. The Bertz CT molecular complexity index is 124. The van der Waals surface area contributed by atoms with Crippen LogP contribution in [0.1, 0.15) is 71.6 Å². The first kappa shape index (κ1) is 14.9. The first-order chi connectivity index (χ1) is 7.18. The van der Waals surface area contributed by atoms with Gasteiger partial charge in [-0.1, -0.05) is 58.3 Å². The molecule has 0 spiro atoms. The minimum Gasteiger partial charge on any atom is -0.327 e. The summed E-state index contributed by atoms with van der Waals surface area (Å²) in [4.78, 5) is 0. The highest BCUT2D eigenvalue weighted by atomic mass is 14.8. The molecule has 0 aliphatic carbocycles.